The summed E-state index contributed by atoms with van der Waals surface area (Å²) in [7, 11) is 0. The molecule has 1 aromatic carbocycles. The minimum Gasteiger partial charge on any atom is -0.385 e. The van der Waals surface area contributed by atoms with Gasteiger partial charge in [0.2, 0.25) is 0 Å². The molecule has 0 aromatic heterocycles. The van der Waals surface area contributed by atoms with Crippen LogP contribution in [0.5, 0.6) is 0 Å². The Morgan fingerprint density at radius 1 is 1.47 bits per heavy atom. The van der Waals surface area contributed by atoms with Gasteiger partial charge in [-0.15, -0.1) is 0 Å². The normalized spacial score (nSPS) is 23.9. The molecule has 0 fully saturated rings. The van der Waals surface area contributed by atoms with Crippen molar-refractivity contribution in [2.24, 2.45) is 0 Å². The maximum atomic E-state index is 13.3. The van der Waals surface area contributed by atoms with Crippen LogP contribution in [0.15, 0.2) is 18.2 Å². The highest BCUT2D eigenvalue weighted by Gasteiger charge is 2.41. The Bertz CT molecular complexity index is 384. The summed E-state index contributed by atoms with van der Waals surface area (Å²) in [6.45, 7) is 0.138. The van der Waals surface area contributed by atoms with E-state index in [1.807, 2.05) is 0 Å². The molecule has 1 unspecified atom stereocenters. The van der Waals surface area contributed by atoms with E-state index in [-0.39, 0.29) is 18.5 Å². The van der Waals surface area contributed by atoms with Crippen LogP contribution < -0.4 is 5.32 Å². The summed E-state index contributed by atoms with van der Waals surface area (Å²) in [4.78, 5) is 0. The topological polar surface area (TPSA) is 32.3 Å². The zero-order valence-electron chi connectivity index (χ0n) is 7.80. The van der Waals surface area contributed by atoms with Crippen molar-refractivity contribution in [2.75, 3.05) is 11.9 Å². The zero-order chi connectivity index (χ0) is 11.1. The summed E-state index contributed by atoms with van der Waals surface area (Å²) in [6, 6.07) is 4.57. The number of hydrogen-bond donors (Lipinski definition) is 2. The van der Waals surface area contributed by atoms with Crippen LogP contribution in [-0.2, 0) is 0 Å². The van der Waals surface area contributed by atoms with Crippen LogP contribution in [0.4, 0.5) is 14.5 Å². The van der Waals surface area contributed by atoms with Crippen molar-refractivity contribution in [3.63, 3.8) is 0 Å². The highest BCUT2D eigenvalue weighted by molar-refractivity contribution is 6.30. The average Bonchev–Trinajstić information content (AvgIpc) is 2.27. The highest BCUT2D eigenvalue weighted by Crippen LogP contribution is 2.40. The molecule has 15 heavy (non-hydrogen) atoms. The first-order valence-electron chi connectivity index (χ1n) is 4.60. The maximum absolute atomic E-state index is 13.3. The summed E-state index contributed by atoms with van der Waals surface area (Å²) in [5.74, 6) is -3.11. The number of halogens is 3. The quantitative estimate of drug-likeness (QED) is 0.722. The molecular weight excluding hydrogens is 224 g/mol. The number of nitrogens with one attached hydrogen (secondary N) is 1. The molecule has 1 aliphatic heterocycles. The second-order valence-corrected chi connectivity index (χ2v) is 4.01. The predicted molar refractivity (Wildman–Crippen MR) is 54.5 cm³/mol. The molecule has 2 nitrogen and oxygen atoms in total. The molecule has 0 aliphatic carbocycles. The fourth-order valence-corrected chi connectivity index (χ4v) is 1.83. The van der Waals surface area contributed by atoms with Gasteiger partial charge in [0, 0.05) is 29.2 Å². The summed E-state index contributed by atoms with van der Waals surface area (Å²) in [5, 5.41) is 12.7. The summed E-state index contributed by atoms with van der Waals surface area (Å²) in [6.07, 6.45) is -2.18. The molecule has 0 amide bonds. The molecule has 1 aliphatic rings. The van der Waals surface area contributed by atoms with Crippen molar-refractivity contribution >= 4 is 17.3 Å². The predicted octanol–water partition coefficient (Wildman–Crippen LogP) is 2.82. The molecule has 1 aromatic rings. The van der Waals surface area contributed by atoms with E-state index in [4.69, 9.17) is 11.6 Å². The van der Waals surface area contributed by atoms with Crippen LogP contribution >= 0.6 is 11.6 Å². The third kappa shape index (κ3) is 1.92. The Balaban J connectivity index is 2.49. The van der Waals surface area contributed by atoms with Crippen LogP contribution in [0.3, 0.4) is 0 Å². The second-order valence-electron chi connectivity index (χ2n) is 3.57. The van der Waals surface area contributed by atoms with Gasteiger partial charge in [-0.2, -0.15) is 0 Å². The van der Waals surface area contributed by atoms with Crippen molar-refractivity contribution in [1.29, 1.82) is 0 Å². The van der Waals surface area contributed by atoms with Crippen molar-refractivity contribution in [1.82, 2.24) is 0 Å². The van der Waals surface area contributed by atoms with Gasteiger partial charge in [0.15, 0.2) is 0 Å². The molecular formula is C10H10ClF2NO. The van der Waals surface area contributed by atoms with E-state index in [0.29, 0.717) is 10.7 Å². The Morgan fingerprint density at radius 2 is 2.20 bits per heavy atom. The van der Waals surface area contributed by atoms with Crippen molar-refractivity contribution < 1.29 is 13.9 Å². The molecule has 0 spiro atoms. The molecule has 1 atom stereocenters. The van der Waals surface area contributed by atoms with E-state index >= 15 is 0 Å². The summed E-state index contributed by atoms with van der Waals surface area (Å²) >= 11 is 5.70. The van der Waals surface area contributed by atoms with Gasteiger partial charge in [0.1, 0.15) is 6.10 Å². The van der Waals surface area contributed by atoms with Crippen LogP contribution in [0.1, 0.15) is 18.1 Å². The van der Waals surface area contributed by atoms with Gasteiger partial charge in [0.05, 0.1) is 0 Å². The molecule has 2 rings (SSSR count). The number of rotatable bonds is 0. The van der Waals surface area contributed by atoms with E-state index < -0.39 is 12.0 Å². The molecule has 82 valence electrons. The third-order valence-corrected chi connectivity index (χ3v) is 2.72. The van der Waals surface area contributed by atoms with Crippen LogP contribution in [0.2, 0.25) is 5.02 Å². The van der Waals surface area contributed by atoms with Gasteiger partial charge in [0.25, 0.3) is 5.92 Å². The lowest BCUT2D eigenvalue weighted by atomic mass is 10.0. The number of alkyl halides is 2. The van der Waals surface area contributed by atoms with E-state index in [9.17, 15) is 13.9 Å². The van der Waals surface area contributed by atoms with Crippen molar-refractivity contribution in [3.05, 3.63) is 28.8 Å². The standard InChI is InChI=1S/C10H10ClF2NO/c11-6-1-2-8-7(5-6)9(15)10(12,13)3-4-14-8/h1-2,5,9,14-15H,3-4H2. The second kappa shape index (κ2) is 3.61. The van der Waals surface area contributed by atoms with Crippen molar-refractivity contribution in [2.45, 2.75) is 18.4 Å². The lowest BCUT2D eigenvalue weighted by Gasteiger charge is -2.20. The first-order chi connectivity index (χ1) is 7.00. The minimum atomic E-state index is -3.11. The molecule has 1 heterocycles. The summed E-state index contributed by atoms with van der Waals surface area (Å²) in [5.41, 5.74) is 0.675. The van der Waals surface area contributed by atoms with E-state index in [1.165, 1.54) is 6.07 Å². The molecule has 2 N–H and O–H groups in total. The molecule has 5 heteroatoms. The van der Waals surface area contributed by atoms with Gasteiger partial charge in [-0.1, -0.05) is 11.6 Å². The van der Waals surface area contributed by atoms with Gasteiger partial charge in [-0.3, -0.25) is 0 Å². The number of anilines is 1. The lowest BCUT2D eigenvalue weighted by molar-refractivity contribution is -0.111. The maximum Gasteiger partial charge on any atom is 0.279 e. The fourth-order valence-electron chi connectivity index (χ4n) is 1.65. The number of aliphatic hydroxyl groups excluding tert-OH is 1. The zero-order valence-corrected chi connectivity index (χ0v) is 8.56. The van der Waals surface area contributed by atoms with Gasteiger partial charge < -0.3 is 10.4 Å². The smallest absolute Gasteiger partial charge is 0.279 e. The summed E-state index contributed by atoms with van der Waals surface area (Å²) < 4.78 is 26.7. The fraction of sp³-hybridized carbons (Fsp3) is 0.400. The van der Waals surface area contributed by atoms with Crippen LogP contribution in [0, 0.1) is 0 Å². The monoisotopic (exact) mass is 233 g/mol. The first kappa shape index (κ1) is 10.6. The van der Waals surface area contributed by atoms with Gasteiger partial charge in [-0.25, -0.2) is 8.78 Å². The minimum absolute atomic E-state index is 0.138. The SMILES string of the molecule is OC1c2cc(Cl)ccc2NCCC1(F)F. The third-order valence-electron chi connectivity index (χ3n) is 2.48. The first-order valence-corrected chi connectivity index (χ1v) is 4.98. The molecule has 0 saturated carbocycles. The van der Waals surface area contributed by atoms with E-state index in [2.05, 4.69) is 5.32 Å². The van der Waals surface area contributed by atoms with E-state index in [1.54, 1.807) is 12.1 Å². The Hall–Kier alpha value is -0.870. The Labute approximate surface area is 90.9 Å². The van der Waals surface area contributed by atoms with Crippen LogP contribution in [0.25, 0.3) is 0 Å². The number of aliphatic hydroxyl groups is 1. The highest BCUT2D eigenvalue weighted by atomic mass is 35.5. The average molecular weight is 234 g/mol. The number of hydrogen-bond acceptors (Lipinski definition) is 2. The molecule has 0 radical (unpaired) electrons. The Morgan fingerprint density at radius 3 is 2.93 bits per heavy atom. The largest absolute Gasteiger partial charge is 0.385 e. The van der Waals surface area contributed by atoms with Crippen molar-refractivity contribution in [3.8, 4) is 0 Å². The number of benzene rings is 1. The lowest BCUT2D eigenvalue weighted by Crippen LogP contribution is -2.26. The van der Waals surface area contributed by atoms with Crippen LogP contribution in [-0.4, -0.2) is 17.6 Å². The van der Waals surface area contributed by atoms with E-state index in [0.717, 1.165) is 0 Å². The Kier molecular flexibility index (Phi) is 2.56. The molecule has 0 bridgehead atoms. The molecule has 0 saturated heterocycles. The van der Waals surface area contributed by atoms with Gasteiger partial charge in [-0.05, 0) is 18.2 Å². The van der Waals surface area contributed by atoms with Gasteiger partial charge >= 0.3 is 0 Å². The number of fused-ring (bicyclic) bond motifs is 1.